The van der Waals surface area contributed by atoms with Crippen LogP contribution in [0.25, 0.3) is 0 Å². The molecule has 0 bridgehead atoms. The lowest BCUT2D eigenvalue weighted by Crippen LogP contribution is -2.23. The minimum Gasteiger partial charge on any atom is -0.481 e. The zero-order valence-corrected chi connectivity index (χ0v) is 9.50. The average molecular weight is 214 g/mol. The molecular formula is C11H18O4. The van der Waals surface area contributed by atoms with E-state index in [2.05, 4.69) is 0 Å². The Hall–Kier alpha value is -1.19. The highest BCUT2D eigenvalue weighted by Gasteiger charge is 2.23. The largest absolute Gasteiger partial charge is 0.481 e. The number of carboxylic acids is 1. The molecule has 0 amide bonds. The molecule has 0 atom stereocenters. The summed E-state index contributed by atoms with van der Waals surface area (Å²) in [6.45, 7) is 5.29. The van der Waals surface area contributed by atoms with Gasteiger partial charge in [-0.3, -0.25) is 14.4 Å². The zero-order chi connectivity index (χ0) is 12.1. The van der Waals surface area contributed by atoms with Crippen LogP contribution in [0.15, 0.2) is 0 Å². The van der Waals surface area contributed by atoms with Crippen molar-refractivity contribution in [2.24, 2.45) is 5.41 Å². The van der Waals surface area contributed by atoms with Crippen LogP contribution >= 0.6 is 0 Å². The van der Waals surface area contributed by atoms with E-state index in [1.165, 1.54) is 0 Å². The van der Waals surface area contributed by atoms with Gasteiger partial charge in [-0.15, -0.1) is 0 Å². The highest BCUT2D eigenvalue weighted by atomic mass is 16.4. The van der Waals surface area contributed by atoms with Crippen molar-refractivity contribution < 1.29 is 19.5 Å². The Bertz CT molecular complexity index is 260. The molecule has 4 heteroatoms. The van der Waals surface area contributed by atoms with Gasteiger partial charge in [0.1, 0.15) is 11.6 Å². The zero-order valence-electron chi connectivity index (χ0n) is 9.50. The fourth-order valence-corrected chi connectivity index (χ4v) is 0.969. The van der Waals surface area contributed by atoms with Crippen molar-refractivity contribution in [3.8, 4) is 0 Å². The summed E-state index contributed by atoms with van der Waals surface area (Å²) >= 11 is 0. The van der Waals surface area contributed by atoms with E-state index >= 15 is 0 Å². The molecule has 0 saturated carbocycles. The number of carbonyl (C=O) groups excluding carboxylic acids is 2. The van der Waals surface area contributed by atoms with Gasteiger partial charge < -0.3 is 5.11 Å². The smallest absolute Gasteiger partial charge is 0.303 e. The van der Waals surface area contributed by atoms with Crippen LogP contribution in [0.2, 0.25) is 0 Å². The van der Waals surface area contributed by atoms with Gasteiger partial charge in [0.25, 0.3) is 0 Å². The van der Waals surface area contributed by atoms with E-state index in [1.54, 1.807) is 20.8 Å². The van der Waals surface area contributed by atoms with Crippen LogP contribution in [0.1, 0.15) is 46.5 Å². The molecule has 0 heterocycles. The van der Waals surface area contributed by atoms with E-state index in [-0.39, 0.29) is 30.8 Å². The van der Waals surface area contributed by atoms with Crippen LogP contribution in [0.5, 0.6) is 0 Å². The van der Waals surface area contributed by atoms with Gasteiger partial charge in [0.05, 0.1) is 6.42 Å². The van der Waals surface area contributed by atoms with Crippen LogP contribution in [0, 0.1) is 5.41 Å². The first kappa shape index (κ1) is 13.8. The van der Waals surface area contributed by atoms with E-state index in [0.29, 0.717) is 6.42 Å². The highest BCUT2D eigenvalue weighted by Crippen LogP contribution is 2.17. The first-order chi connectivity index (χ1) is 6.73. The Morgan fingerprint density at radius 1 is 1.07 bits per heavy atom. The second-order valence-electron chi connectivity index (χ2n) is 4.64. The molecule has 0 aromatic heterocycles. The number of carboxylic acid groups (broad SMARTS) is 1. The van der Waals surface area contributed by atoms with Crippen LogP contribution in [-0.4, -0.2) is 22.6 Å². The summed E-state index contributed by atoms with van der Waals surface area (Å²) in [5.74, 6) is -1.18. The number of hydrogen-bond acceptors (Lipinski definition) is 3. The van der Waals surface area contributed by atoms with Crippen molar-refractivity contribution in [3.05, 3.63) is 0 Å². The molecule has 0 rings (SSSR count). The molecule has 0 unspecified atom stereocenters. The number of rotatable bonds is 6. The highest BCUT2D eigenvalue weighted by molar-refractivity contribution is 6.01. The molecular weight excluding hydrogens is 196 g/mol. The molecule has 86 valence electrons. The fourth-order valence-electron chi connectivity index (χ4n) is 0.969. The minimum atomic E-state index is -0.912. The summed E-state index contributed by atoms with van der Waals surface area (Å²) in [5.41, 5.74) is -0.498. The van der Waals surface area contributed by atoms with Gasteiger partial charge in [-0.1, -0.05) is 20.8 Å². The van der Waals surface area contributed by atoms with E-state index in [4.69, 9.17) is 5.11 Å². The number of hydrogen-bond donors (Lipinski definition) is 1. The number of Topliss-reactive ketones (excluding diaryl/α,β-unsaturated/α-hetero) is 2. The monoisotopic (exact) mass is 214 g/mol. The predicted octanol–water partition coefficient (Wildman–Crippen LogP) is 1.82. The predicted molar refractivity (Wildman–Crippen MR) is 55.6 cm³/mol. The van der Waals surface area contributed by atoms with Crippen molar-refractivity contribution in [3.63, 3.8) is 0 Å². The van der Waals surface area contributed by atoms with Crippen molar-refractivity contribution in [1.29, 1.82) is 0 Å². The normalized spacial score (nSPS) is 11.1. The second-order valence-corrected chi connectivity index (χ2v) is 4.64. The number of carbonyl (C=O) groups is 3. The molecule has 0 spiro atoms. The summed E-state index contributed by atoms with van der Waals surface area (Å²) in [6.07, 6.45) is 0.387. The lowest BCUT2D eigenvalue weighted by Gasteiger charge is -2.15. The molecule has 0 aliphatic rings. The van der Waals surface area contributed by atoms with Gasteiger partial charge >= 0.3 is 5.97 Å². The average Bonchev–Trinajstić information content (AvgIpc) is 2.01. The van der Waals surface area contributed by atoms with E-state index in [0.717, 1.165) is 0 Å². The van der Waals surface area contributed by atoms with Crippen molar-refractivity contribution in [2.45, 2.75) is 46.5 Å². The number of aliphatic carboxylic acids is 1. The summed E-state index contributed by atoms with van der Waals surface area (Å²) in [4.78, 5) is 32.9. The lowest BCUT2D eigenvalue weighted by atomic mass is 9.87. The van der Waals surface area contributed by atoms with Crippen LogP contribution in [0.3, 0.4) is 0 Å². The van der Waals surface area contributed by atoms with Gasteiger partial charge in [-0.25, -0.2) is 0 Å². The first-order valence-corrected chi connectivity index (χ1v) is 5.00. The maximum absolute atomic E-state index is 11.4. The Morgan fingerprint density at radius 2 is 1.60 bits per heavy atom. The summed E-state index contributed by atoms with van der Waals surface area (Å²) in [5, 5.41) is 8.36. The van der Waals surface area contributed by atoms with Gasteiger partial charge in [0, 0.05) is 18.3 Å². The van der Waals surface area contributed by atoms with Gasteiger partial charge in [0.15, 0.2) is 0 Å². The fraction of sp³-hybridized carbons (Fsp3) is 0.727. The van der Waals surface area contributed by atoms with Gasteiger partial charge in [-0.2, -0.15) is 0 Å². The van der Waals surface area contributed by atoms with Crippen LogP contribution in [-0.2, 0) is 14.4 Å². The van der Waals surface area contributed by atoms with Gasteiger partial charge in [-0.05, 0) is 6.42 Å². The second kappa shape index (κ2) is 5.63. The Kier molecular flexibility index (Phi) is 5.19. The first-order valence-electron chi connectivity index (χ1n) is 5.00. The molecule has 15 heavy (non-hydrogen) atoms. The van der Waals surface area contributed by atoms with E-state index in [9.17, 15) is 14.4 Å². The third kappa shape index (κ3) is 6.82. The maximum atomic E-state index is 11.4. The molecule has 0 fully saturated rings. The molecule has 0 radical (unpaired) electrons. The molecule has 1 N–H and O–H groups in total. The van der Waals surface area contributed by atoms with Crippen molar-refractivity contribution >= 4 is 17.5 Å². The minimum absolute atomic E-state index is 0.0184. The Labute approximate surface area is 89.7 Å². The Morgan fingerprint density at radius 3 is 2.00 bits per heavy atom. The SMILES string of the molecule is CC(C)(C)C(=O)CC(=O)CCCC(=O)O. The maximum Gasteiger partial charge on any atom is 0.303 e. The summed E-state index contributed by atoms with van der Waals surface area (Å²) < 4.78 is 0. The summed E-state index contributed by atoms with van der Waals surface area (Å²) in [7, 11) is 0. The molecule has 0 aliphatic heterocycles. The molecule has 0 aromatic carbocycles. The summed E-state index contributed by atoms with van der Waals surface area (Å²) in [6, 6.07) is 0. The Balaban J connectivity index is 3.85. The third-order valence-electron chi connectivity index (χ3n) is 2.04. The quantitative estimate of drug-likeness (QED) is 0.684. The topological polar surface area (TPSA) is 71.4 Å². The third-order valence-corrected chi connectivity index (χ3v) is 2.04. The lowest BCUT2D eigenvalue weighted by molar-refractivity contribution is -0.137. The molecule has 0 aliphatic carbocycles. The van der Waals surface area contributed by atoms with E-state index < -0.39 is 11.4 Å². The van der Waals surface area contributed by atoms with Crippen molar-refractivity contribution in [1.82, 2.24) is 0 Å². The van der Waals surface area contributed by atoms with Crippen LogP contribution in [0.4, 0.5) is 0 Å². The molecule has 0 aromatic rings. The molecule has 0 saturated heterocycles. The molecule has 4 nitrogen and oxygen atoms in total. The van der Waals surface area contributed by atoms with Crippen LogP contribution < -0.4 is 0 Å². The van der Waals surface area contributed by atoms with Gasteiger partial charge in [0.2, 0.25) is 0 Å². The number of ketones is 2. The van der Waals surface area contributed by atoms with E-state index in [1.807, 2.05) is 0 Å². The van der Waals surface area contributed by atoms with Crippen molar-refractivity contribution in [2.75, 3.05) is 0 Å². The standard InChI is InChI=1S/C11H18O4/c1-11(2,3)9(13)7-8(12)5-4-6-10(14)15/h4-7H2,1-3H3,(H,14,15).